The van der Waals surface area contributed by atoms with Crippen LogP contribution < -0.4 is 29.2 Å². The molecular weight excluding hydrogens is 548 g/mol. The van der Waals surface area contributed by atoms with Gasteiger partial charge in [-0.3, -0.25) is 4.79 Å². The highest BCUT2D eigenvalue weighted by atomic mass is 16.5. The summed E-state index contributed by atoms with van der Waals surface area (Å²) < 4.78 is 30.8. The molecule has 3 aromatic heterocycles. The van der Waals surface area contributed by atoms with Gasteiger partial charge in [0.15, 0.2) is 34.5 Å². The van der Waals surface area contributed by atoms with E-state index in [1.54, 1.807) is 32.4 Å². The van der Waals surface area contributed by atoms with E-state index in [1.165, 1.54) is 7.11 Å². The molecule has 3 aromatic carbocycles. The van der Waals surface area contributed by atoms with Gasteiger partial charge < -0.3 is 38.2 Å². The summed E-state index contributed by atoms with van der Waals surface area (Å²) in [6.45, 7) is 7.79. The van der Waals surface area contributed by atoms with E-state index in [0.717, 1.165) is 27.2 Å². The lowest BCUT2D eigenvalue weighted by Crippen LogP contribution is -2.10. The van der Waals surface area contributed by atoms with Crippen LogP contribution in [0.2, 0.25) is 0 Å². The Morgan fingerprint density at radius 3 is 1.95 bits per heavy atom. The van der Waals surface area contributed by atoms with Crippen molar-refractivity contribution in [3.05, 3.63) is 65.1 Å². The summed E-state index contributed by atoms with van der Waals surface area (Å²) >= 11 is 0. The number of fused-ring (bicyclic) bond motifs is 7. The molecule has 9 heteroatoms. The number of aromatic amines is 1. The number of methoxy groups -OCH3 is 3. The number of phenols is 1. The van der Waals surface area contributed by atoms with Crippen molar-refractivity contribution >= 4 is 38.1 Å². The minimum atomic E-state index is -0.270. The van der Waals surface area contributed by atoms with Gasteiger partial charge in [-0.05, 0) is 75.0 Å². The van der Waals surface area contributed by atoms with Gasteiger partial charge in [-0.2, -0.15) is 0 Å². The first-order valence-corrected chi connectivity index (χ1v) is 14.1. The van der Waals surface area contributed by atoms with Crippen molar-refractivity contribution in [1.29, 1.82) is 0 Å². The summed E-state index contributed by atoms with van der Waals surface area (Å²) in [5.41, 5.74) is 3.01. The zero-order valence-corrected chi connectivity index (χ0v) is 25.2. The molecular formula is C34H34N2O7. The number of hydrogen-bond donors (Lipinski definition) is 2. The summed E-state index contributed by atoms with van der Waals surface area (Å²) in [6.07, 6.45) is 1.74. The average molecular weight is 583 g/mol. The van der Waals surface area contributed by atoms with E-state index < -0.39 is 0 Å². The molecule has 0 aliphatic rings. The number of nitrogens with zero attached hydrogens (tertiary/aromatic N) is 1. The largest absolute Gasteiger partial charge is 0.504 e. The van der Waals surface area contributed by atoms with Crippen LogP contribution in [0.1, 0.15) is 27.7 Å². The fourth-order valence-electron chi connectivity index (χ4n) is 5.75. The second kappa shape index (κ2) is 10.7. The molecule has 9 nitrogen and oxygen atoms in total. The third-order valence-electron chi connectivity index (χ3n) is 7.43. The van der Waals surface area contributed by atoms with E-state index in [4.69, 9.17) is 23.7 Å². The lowest BCUT2D eigenvalue weighted by molar-refractivity contribution is 0.230. The number of nitrogens with one attached hydrogen (secondary N) is 1. The molecule has 0 aliphatic carbocycles. The van der Waals surface area contributed by atoms with Gasteiger partial charge in [0.2, 0.25) is 0 Å². The number of H-pyrrole nitrogens is 1. The summed E-state index contributed by atoms with van der Waals surface area (Å²) in [6, 6.07) is 14.7. The Labute approximate surface area is 248 Å². The molecule has 0 radical (unpaired) electrons. The van der Waals surface area contributed by atoms with E-state index >= 15 is 0 Å². The minimum absolute atomic E-state index is 0.0164. The fourth-order valence-corrected chi connectivity index (χ4v) is 5.75. The van der Waals surface area contributed by atoms with Gasteiger partial charge in [0.05, 0.1) is 44.6 Å². The minimum Gasteiger partial charge on any atom is -0.504 e. The first-order valence-electron chi connectivity index (χ1n) is 14.1. The van der Waals surface area contributed by atoms with Gasteiger partial charge in [0.25, 0.3) is 5.56 Å². The first kappa shape index (κ1) is 28.1. The van der Waals surface area contributed by atoms with Gasteiger partial charge in [-0.15, -0.1) is 0 Å². The molecule has 222 valence electrons. The third-order valence-corrected chi connectivity index (χ3v) is 7.43. The molecule has 2 N–H and O–H groups in total. The van der Waals surface area contributed by atoms with Crippen molar-refractivity contribution in [2.75, 3.05) is 21.3 Å². The predicted molar refractivity (Wildman–Crippen MR) is 169 cm³/mol. The zero-order chi connectivity index (χ0) is 30.6. The van der Waals surface area contributed by atoms with Crippen LogP contribution >= 0.6 is 0 Å². The highest BCUT2D eigenvalue weighted by molar-refractivity contribution is 6.22. The summed E-state index contributed by atoms with van der Waals surface area (Å²) in [5.74, 6) is 2.59. The number of hydrogen-bond acceptors (Lipinski definition) is 7. The molecule has 0 unspecified atom stereocenters. The average Bonchev–Trinajstić information content (AvgIpc) is 3.32. The molecule has 43 heavy (non-hydrogen) atoms. The second-order valence-electron chi connectivity index (χ2n) is 10.9. The van der Waals surface area contributed by atoms with Crippen molar-refractivity contribution < 1.29 is 28.8 Å². The van der Waals surface area contributed by atoms with E-state index in [9.17, 15) is 9.90 Å². The molecule has 0 bridgehead atoms. The van der Waals surface area contributed by atoms with Gasteiger partial charge in [-0.1, -0.05) is 6.07 Å². The molecule has 0 amide bonds. The number of benzene rings is 3. The van der Waals surface area contributed by atoms with Crippen LogP contribution in [-0.2, 0) is 0 Å². The Morgan fingerprint density at radius 2 is 1.35 bits per heavy atom. The maximum absolute atomic E-state index is 13.9. The predicted octanol–water partition coefficient (Wildman–Crippen LogP) is 7.06. The third kappa shape index (κ3) is 4.61. The molecule has 0 atom stereocenters. The number of rotatable bonds is 8. The lowest BCUT2D eigenvalue weighted by atomic mass is 9.97. The van der Waals surface area contributed by atoms with Crippen molar-refractivity contribution in [3.63, 3.8) is 0 Å². The quantitative estimate of drug-likeness (QED) is 0.198. The summed E-state index contributed by atoms with van der Waals surface area (Å²) in [4.78, 5) is 16.9. The van der Waals surface area contributed by atoms with Crippen LogP contribution in [0.3, 0.4) is 0 Å². The van der Waals surface area contributed by atoms with E-state index in [2.05, 4.69) is 4.98 Å². The van der Waals surface area contributed by atoms with Crippen molar-refractivity contribution in [2.24, 2.45) is 0 Å². The van der Waals surface area contributed by atoms with Crippen molar-refractivity contribution in [1.82, 2.24) is 9.38 Å². The Bertz CT molecular complexity index is 2090. The number of aromatic hydroxyl groups is 1. The van der Waals surface area contributed by atoms with Crippen LogP contribution in [0.25, 0.3) is 49.2 Å². The van der Waals surface area contributed by atoms with Crippen LogP contribution in [0.15, 0.2) is 59.5 Å². The van der Waals surface area contributed by atoms with E-state index in [-0.39, 0.29) is 23.5 Å². The zero-order valence-electron chi connectivity index (χ0n) is 25.2. The highest BCUT2D eigenvalue weighted by Gasteiger charge is 2.24. The Balaban J connectivity index is 1.83. The Hall–Kier alpha value is -5.05. The molecule has 0 saturated heterocycles. The van der Waals surface area contributed by atoms with Crippen LogP contribution in [0, 0.1) is 0 Å². The number of pyridine rings is 2. The Morgan fingerprint density at radius 1 is 0.721 bits per heavy atom. The molecule has 0 aliphatic heterocycles. The normalized spacial score (nSPS) is 11.7. The lowest BCUT2D eigenvalue weighted by Gasteiger charge is -2.16. The number of aromatic nitrogens is 2. The van der Waals surface area contributed by atoms with E-state index in [1.807, 2.05) is 68.6 Å². The smallest absolute Gasteiger partial charge is 0.273 e. The maximum Gasteiger partial charge on any atom is 0.273 e. The maximum atomic E-state index is 13.9. The summed E-state index contributed by atoms with van der Waals surface area (Å²) in [5, 5.41) is 14.1. The summed E-state index contributed by atoms with van der Waals surface area (Å²) in [7, 11) is 4.70. The molecule has 6 aromatic rings. The second-order valence-corrected chi connectivity index (χ2v) is 10.9. The SMILES string of the molecule is COc1ccc(-c2c3c4cc(OC)c(OC(C)C)cc4[nH]c(=O)c3n3ccc4cc(OC(C)C)c(OC)cc4c23)cc1O. The van der Waals surface area contributed by atoms with Crippen LogP contribution in [0.4, 0.5) is 0 Å². The monoisotopic (exact) mass is 582 g/mol. The molecule has 6 rings (SSSR count). The molecule has 0 spiro atoms. The van der Waals surface area contributed by atoms with Gasteiger partial charge in [0.1, 0.15) is 5.52 Å². The Kier molecular flexibility index (Phi) is 6.96. The van der Waals surface area contributed by atoms with Crippen LogP contribution in [-0.4, -0.2) is 48.0 Å². The highest BCUT2D eigenvalue weighted by Crippen LogP contribution is 2.46. The molecule has 3 heterocycles. The molecule has 0 saturated carbocycles. The first-order chi connectivity index (χ1) is 20.6. The standard InChI is InChI=1S/C34H34N2O7/c1-17(2)42-28-13-19-10-11-36-32(21(19)14-26(28)40-6)30(20-8-9-25(39-5)24(37)12-20)31-22-15-27(41-7)29(43-18(3)4)16-23(22)35-34(38)33(31)36/h8-18,37H,1-7H3,(H,35,38). The number of ether oxygens (including phenoxy) is 5. The van der Waals surface area contributed by atoms with Gasteiger partial charge >= 0.3 is 0 Å². The van der Waals surface area contributed by atoms with Gasteiger partial charge in [0, 0.05) is 34.0 Å². The molecule has 0 fully saturated rings. The van der Waals surface area contributed by atoms with Gasteiger partial charge in [-0.25, -0.2) is 0 Å². The van der Waals surface area contributed by atoms with Crippen molar-refractivity contribution in [3.8, 4) is 45.6 Å². The van der Waals surface area contributed by atoms with E-state index in [0.29, 0.717) is 50.7 Å². The van der Waals surface area contributed by atoms with Crippen LogP contribution in [0.5, 0.6) is 34.5 Å². The number of phenolic OH excluding ortho intramolecular Hbond substituents is 1. The topological polar surface area (TPSA) is 104 Å². The van der Waals surface area contributed by atoms with Crippen molar-refractivity contribution in [2.45, 2.75) is 39.9 Å². The fraction of sp³-hybridized carbons (Fsp3) is 0.265.